The van der Waals surface area contributed by atoms with Gasteiger partial charge in [0.15, 0.2) is 0 Å². The fraction of sp³-hybridized carbons (Fsp3) is 0.389. The van der Waals surface area contributed by atoms with Crippen molar-refractivity contribution in [3.05, 3.63) is 57.3 Å². The van der Waals surface area contributed by atoms with Crippen LogP contribution in [0.5, 0.6) is 0 Å². The first-order valence-corrected chi connectivity index (χ1v) is 11.0. The molecule has 140 valence electrons. The van der Waals surface area contributed by atoms with E-state index in [1.807, 2.05) is 12.1 Å². The smallest absolute Gasteiger partial charge is 0.234 e. The van der Waals surface area contributed by atoms with Gasteiger partial charge in [-0.3, -0.25) is 9.69 Å². The normalized spacial score (nSPS) is 14.8. The minimum Gasteiger partial charge on any atom is -0.351 e. The highest BCUT2D eigenvalue weighted by atomic mass is 32.2. The second-order valence-electron chi connectivity index (χ2n) is 6.39. The first-order chi connectivity index (χ1) is 12.4. The van der Waals surface area contributed by atoms with Crippen molar-refractivity contribution in [3.63, 3.8) is 0 Å². The standard InChI is InChI=1S/C18H23N3O3S2/c1-19-26(23,24)13-15-4-2-14(3-5-15)10-20-18(22)12-21-8-6-17-16(11-21)7-9-25-17/h2-5,7,9,19H,6,8,10-13H2,1H3,(H,20,22). The number of carbonyl (C=O) groups excluding carboxylic acids is 1. The number of rotatable bonds is 7. The Labute approximate surface area is 158 Å². The van der Waals surface area contributed by atoms with Gasteiger partial charge < -0.3 is 5.32 Å². The third-order valence-electron chi connectivity index (χ3n) is 4.43. The van der Waals surface area contributed by atoms with Gasteiger partial charge in [-0.2, -0.15) is 0 Å². The molecule has 2 heterocycles. The van der Waals surface area contributed by atoms with Crippen molar-refractivity contribution in [2.45, 2.75) is 25.3 Å². The van der Waals surface area contributed by atoms with E-state index in [-0.39, 0.29) is 11.7 Å². The molecule has 1 aromatic carbocycles. The molecule has 26 heavy (non-hydrogen) atoms. The predicted molar refractivity (Wildman–Crippen MR) is 103 cm³/mol. The number of benzene rings is 1. The Bertz CT molecular complexity index is 860. The average Bonchev–Trinajstić information content (AvgIpc) is 3.09. The molecule has 0 radical (unpaired) electrons. The topological polar surface area (TPSA) is 78.5 Å². The fourth-order valence-corrected chi connectivity index (χ4v) is 4.61. The van der Waals surface area contributed by atoms with Crippen LogP contribution in [0.1, 0.15) is 21.6 Å². The molecule has 2 aromatic rings. The summed E-state index contributed by atoms with van der Waals surface area (Å²) < 4.78 is 25.4. The van der Waals surface area contributed by atoms with Crippen LogP contribution in [0.4, 0.5) is 0 Å². The molecule has 0 atom stereocenters. The molecule has 8 heteroatoms. The molecule has 0 saturated heterocycles. The maximum absolute atomic E-state index is 12.2. The van der Waals surface area contributed by atoms with Gasteiger partial charge in [0.25, 0.3) is 0 Å². The maximum Gasteiger partial charge on any atom is 0.234 e. The second-order valence-corrected chi connectivity index (χ2v) is 9.31. The number of nitrogens with zero attached hydrogens (tertiary/aromatic N) is 1. The number of hydrogen-bond acceptors (Lipinski definition) is 5. The molecule has 1 amide bonds. The van der Waals surface area contributed by atoms with Gasteiger partial charge in [-0.05, 0) is 41.6 Å². The van der Waals surface area contributed by atoms with E-state index < -0.39 is 10.0 Å². The van der Waals surface area contributed by atoms with E-state index in [1.165, 1.54) is 17.5 Å². The summed E-state index contributed by atoms with van der Waals surface area (Å²) in [7, 11) is -1.87. The Balaban J connectivity index is 1.46. The molecule has 1 aliphatic rings. The van der Waals surface area contributed by atoms with E-state index in [0.717, 1.165) is 25.1 Å². The van der Waals surface area contributed by atoms with Crippen molar-refractivity contribution >= 4 is 27.3 Å². The van der Waals surface area contributed by atoms with E-state index >= 15 is 0 Å². The van der Waals surface area contributed by atoms with Crippen molar-refractivity contribution in [1.82, 2.24) is 14.9 Å². The van der Waals surface area contributed by atoms with Crippen LogP contribution in [0.2, 0.25) is 0 Å². The number of amides is 1. The van der Waals surface area contributed by atoms with E-state index in [4.69, 9.17) is 0 Å². The molecule has 2 N–H and O–H groups in total. The maximum atomic E-state index is 12.2. The minimum absolute atomic E-state index is 0.00511. The second kappa shape index (κ2) is 8.30. The number of nitrogens with one attached hydrogen (secondary N) is 2. The van der Waals surface area contributed by atoms with Crippen LogP contribution in [-0.4, -0.2) is 39.4 Å². The number of carbonyl (C=O) groups is 1. The van der Waals surface area contributed by atoms with Crippen LogP contribution in [-0.2, 0) is 40.1 Å². The summed E-state index contributed by atoms with van der Waals surface area (Å²) in [5, 5.41) is 5.05. The molecule has 0 aliphatic carbocycles. The van der Waals surface area contributed by atoms with Crippen LogP contribution in [0.15, 0.2) is 35.7 Å². The summed E-state index contributed by atoms with van der Waals surface area (Å²) in [5.41, 5.74) is 3.00. The summed E-state index contributed by atoms with van der Waals surface area (Å²) in [6.45, 7) is 2.58. The summed E-state index contributed by atoms with van der Waals surface area (Å²) >= 11 is 1.79. The SMILES string of the molecule is CNS(=O)(=O)Cc1ccc(CNC(=O)CN2CCc3sccc3C2)cc1. The molecular weight excluding hydrogens is 370 g/mol. The Morgan fingerprint density at radius 1 is 1.19 bits per heavy atom. The summed E-state index contributed by atoms with van der Waals surface area (Å²) in [5.74, 6) is -0.0409. The van der Waals surface area contributed by atoms with Crippen LogP contribution < -0.4 is 10.0 Å². The van der Waals surface area contributed by atoms with Gasteiger partial charge in [0.1, 0.15) is 0 Å². The highest BCUT2D eigenvalue weighted by molar-refractivity contribution is 7.88. The lowest BCUT2D eigenvalue weighted by Crippen LogP contribution is -2.39. The highest BCUT2D eigenvalue weighted by Gasteiger charge is 2.19. The number of sulfonamides is 1. The zero-order chi connectivity index (χ0) is 18.6. The van der Waals surface area contributed by atoms with Crippen LogP contribution in [0.25, 0.3) is 0 Å². The highest BCUT2D eigenvalue weighted by Crippen LogP contribution is 2.23. The molecule has 0 fully saturated rings. The Kier molecular flexibility index (Phi) is 6.08. The minimum atomic E-state index is -3.27. The van der Waals surface area contributed by atoms with Crippen molar-refractivity contribution in [2.24, 2.45) is 0 Å². The first kappa shape index (κ1) is 19.0. The van der Waals surface area contributed by atoms with Gasteiger partial charge in [-0.1, -0.05) is 24.3 Å². The third kappa shape index (κ3) is 5.14. The Morgan fingerprint density at radius 2 is 1.92 bits per heavy atom. The molecule has 0 saturated carbocycles. The van der Waals surface area contributed by atoms with Crippen molar-refractivity contribution < 1.29 is 13.2 Å². The van der Waals surface area contributed by atoms with Gasteiger partial charge >= 0.3 is 0 Å². The van der Waals surface area contributed by atoms with Gasteiger partial charge in [0.2, 0.25) is 15.9 Å². The van der Waals surface area contributed by atoms with E-state index in [2.05, 4.69) is 26.4 Å². The first-order valence-electron chi connectivity index (χ1n) is 8.48. The molecule has 0 bridgehead atoms. The lowest BCUT2D eigenvalue weighted by molar-refractivity contribution is -0.122. The van der Waals surface area contributed by atoms with Crippen molar-refractivity contribution in [1.29, 1.82) is 0 Å². The van der Waals surface area contributed by atoms with E-state index in [9.17, 15) is 13.2 Å². The predicted octanol–water partition coefficient (Wildman–Crippen LogP) is 1.47. The van der Waals surface area contributed by atoms with Gasteiger partial charge in [-0.15, -0.1) is 11.3 Å². The summed E-state index contributed by atoms with van der Waals surface area (Å²) in [6.07, 6.45) is 1.01. The van der Waals surface area contributed by atoms with Gasteiger partial charge in [0.05, 0.1) is 12.3 Å². The molecule has 3 rings (SSSR count). The quantitative estimate of drug-likeness (QED) is 0.747. The number of hydrogen-bond donors (Lipinski definition) is 2. The van der Waals surface area contributed by atoms with E-state index in [0.29, 0.717) is 18.7 Å². The largest absolute Gasteiger partial charge is 0.351 e. The Hall–Kier alpha value is -1.74. The molecule has 1 aromatic heterocycles. The van der Waals surface area contributed by atoms with Crippen LogP contribution in [0.3, 0.4) is 0 Å². The monoisotopic (exact) mass is 393 g/mol. The molecule has 6 nitrogen and oxygen atoms in total. The van der Waals surface area contributed by atoms with Crippen LogP contribution >= 0.6 is 11.3 Å². The zero-order valence-electron chi connectivity index (χ0n) is 14.7. The third-order valence-corrected chi connectivity index (χ3v) is 6.79. The van der Waals surface area contributed by atoms with Crippen molar-refractivity contribution in [3.8, 4) is 0 Å². The molecular formula is C18H23N3O3S2. The Morgan fingerprint density at radius 3 is 2.65 bits per heavy atom. The summed E-state index contributed by atoms with van der Waals surface area (Å²) in [4.78, 5) is 15.8. The number of fused-ring (bicyclic) bond motifs is 1. The molecule has 0 spiro atoms. The van der Waals surface area contributed by atoms with Crippen molar-refractivity contribution in [2.75, 3.05) is 20.1 Å². The number of thiophene rings is 1. The van der Waals surface area contributed by atoms with E-state index in [1.54, 1.807) is 23.5 Å². The lowest BCUT2D eigenvalue weighted by atomic mass is 10.1. The fourth-order valence-electron chi connectivity index (χ4n) is 2.95. The summed E-state index contributed by atoms with van der Waals surface area (Å²) in [6, 6.07) is 9.39. The molecule has 1 aliphatic heterocycles. The zero-order valence-corrected chi connectivity index (χ0v) is 16.3. The van der Waals surface area contributed by atoms with Gasteiger partial charge in [-0.25, -0.2) is 13.1 Å². The van der Waals surface area contributed by atoms with Crippen LogP contribution in [0, 0.1) is 0 Å². The van der Waals surface area contributed by atoms with Gasteiger partial charge in [0, 0.05) is 24.5 Å². The molecule has 0 unspecified atom stereocenters. The lowest BCUT2D eigenvalue weighted by Gasteiger charge is -2.26. The average molecular weight is 394 g/mol.